The van der Waals surface area contributed by atoms with Gasteiger partial charge in [0.05, 0.1) is 18.1 Å². The summed E-state index contributed by atoms with van der Waals surface area (Å²) in [6, 6.07) is 7.99. The summed E-state index contributed by atoms with van der Waals surface area (Å²) in [4.78, 5) is 7.47. The molecule has 2 aliphatic rings. The largest absolute Gasteiger partial charge is 0.454 e. The first-order chi connectivity index (χ1) is 15.6. The van der Waals surface area contributed by atoms with Crippen LogP contribution in [0.3, 0.4) is 0 Å². The van der Waals surface area contributed by atoms with E-state index >= 15 is 0 Å². The zero-order chi connectivity index (χ0) is 21.7. The van der Waals surface area contributed by atoms with E-state index in [-0.39, 0.29) is 6.79 Å². The lowest BCUT2D eigenvalue weighted by Gasteiger charge is -2.29. The van der Waals surface area contributed by atoms with Gasteiger partial charge in [-0.15, -0.1) is 0 Å². The van der Waals surface area contributed by atoms with Gasteiger partial charge >= 0.3 is 0 Å². The van der Waals surface area contributed by atoms with Gasteiger partial charge in [-0.3, -0.25) is 4.68 Å². The van der Waals surface area contributed by atoms with Crippen molar-refractivity contribution in [1.82, 2.24) is 29.3 Å². The van der Waals surface area contributed by atoms with Gasteiger partial charge in [0.15, 0.2) is 17.1 Å². The highest BCUT2D eigenvalue weighted by atomic mass is 16.7. The minimum absolute atomic E-state index is 0.255. The molecule has 9 nitrogen and oxygen atoms in total. The number of fused-ring (bicyclic) bond motifs is 2. The van der Waals surface area contributed by atoms with Crippen LogP contribution in [0.1, 0.15) is 24.5 Å². The molecule has 0 spiro atoms. The second kappa shape index (κ2) is 7.52. The van der Waals surface area contributed by atoms with Crippen molar-refractivity contribution in [3.05, 3.63) is 48.5 Å². The Balaban J connectivity index is 1.46. The fourth-order valence-electron chi connectivity index (χ4n) is 4.57. The van der Waals surface area contributed by atoms with Crippen LogP contribution in [0.25, 0.3) is 16.8 Å². The molecule has 0 saturated carbocycles. The summed E-state index contributed by atoms with van der Waals surface area (Å²) in [7, 11) is 4.09. The molecule has 0 aliphatic carbocycles. The number of anilines is 2. The van der Waals surface area contributed by atoms with E-state index in [1.54, 1.807) is 4.68 Å². The predicted molar refractivity (Wildman–Crippen MR) is 121 cm³/mol. The summed E-state index contributed by atoms with van der Waals surface area (Å²) in [5.41, 5.74) is 4.79. The average molecular weight is 432 g/mol. The number of ether oxygens (including phenoxy) is 2. The van der Waals surface area contributed by atoms with Gasteiger partial charge in [-0.1, -0.05) is 0 Å². The monoisotopic (exact) mass is 431 g/mol. The average Bonchev–Trinajstić information content (AvgIpc) is 3.52. The summed E-state index contributed by atoms with van der Waals surface area (Å²) < 4.78 is 14.7. The van der Waals surface area contributed by atoms with E-state index in [1.807, 2.05) is 48.4 Å². The highest BCUT2D eigenvalue weighted by Crippen LogP contribution is 2.36. The normalized spacial score (nSPS) is 18.4. The van der Waals surface area contributed by atoms with Gasteiger partial charge in [0.1, 0.15) is 5.82 Å². The number of likely N-dealkylation sites (tertiary alicyclic amines) is 1. The Morgan fingerprint density at radius 2 is 1.97 bits per heavy atom. The molecule has 1 N–H and O–H groups in total. The van der Waals surface area contributed by atoms with Gasteiger partial charge in [-0.25, -0.2) is 4.98 Å². The lowest BCUT2D eigenvalue weighted by atomic mass is 9.94. The van der Waals surface area contributed by atoms with Crippen LogP contribution >= 0.6 is 0 Å². The number of hydrogen-bond acceptors (Lipinski definition) is 7. The molecule has 1 unspecified atom stereocenters. The SMILES string of the molecule is CN1CCCC(c2cc(Nc3ccc4c(c3)OCO4)n3ncc(-c4cnn(C)c4)c3n2)C1. The molecular weight excluding hydrogens is 406 g/mol. The van der Waals surface area contributed by atoms with Crippen molar-refractivity contribution in [2.45, 2.75) is 18.8 Å². The van der Waals surface area contributed by atoms with Crippen LogP contribution in [-0.2, 0) is 7.05 Å². The quantitative estimate of drug-likeness (QED) is 0.530. The fourth-order valence-corrected chi connectivity index (χ4v) is 4.57. The zero-order valence-electron chi connectivity index (χ0n) is 18.2. The van der Waals surface area contributed by atoms with E-state index in [2.05, 4.69) is 33.5 Å². The van der Waals surface area contributed by atoms with Gasteiger partial charge in [0.2, 0.25) is 6.79 Å². The van der Waals surface area contributed by atoms with Crippen molar-refractivity contribution in [3.8, 4) is 22.6 Å². The number of piperidine rings is 1. The first-order valence-corrected chi connectivity index (χ1v) is 10.9. The maximum atomic E-state index is 5.55. The Kier molecular flexibility index (Phi) is 4.50. The molecule has 32 heavy (non-hydrogen) atoms. The standard InChI is InChI=1S/C23H25N7O2/c1-28-7-3-4-15(12-28)19-9-22(26-17-5-6-20-21(8-17)32-14-31-20)30-23(27-19)18(11-25-30)16-10-24-29(2)13-16/h5-6,8-11,13,15,26H,3-4,7,12,14H2,1-2H3. The molecule has 6 rings (SSSR count). The lowest BCUT2D eigenvalue weighted by molar-refractivity contribution is 0.174. The molecule has 9 heteroatoms. The molecule has 3 aromatic heterocycles. The molecule has 1 atom stereocenters. The minimum Gasteiger partial charge on any atom is -0.454 e. The van der Waals surface area contributed by atoms with E-state index < -0.39 is 0 Å². The van der Waals surface area contributed by atoms with Crippen molar-refractivity contribution in [2.75, 3.05) is 32.2 Å². The Hall–Kier alpha value is -3.59. The molecule has 0 radical (unpaired) electrons. The summed E-state index contributed by atoms with van der Waals surface area (Å²) in [5, 5.41) is 12.5. The second-order valence-corrected chi connectivity index (χ2v) is 8.56. The molecule has 0 amide bonds. The Morgan fingerprint density at radius 3 is 2.81 bits per heavy atom. The molecule has 4 aromatic rings. The Bertz CT molecular complexity index is 1290. The van der Waals surface area contributed by atoms with E-state index in [1.165, 1.54) is 6.42 Å². The summed E-state index contributed by atoms with van der Waals surface area (Å²) >= 11 is 0. The molecule has 2 aliphatic heterocycles. The first-order valence-electron chi connectivity index (χ1n) is 10.9. The maximum absolute atomic E-state index is 5.55. The smallest absolute Gasteiger partial charge is 0.231 e. The maximum Gasteiger partial charge on any atom is 0.231 e. The summed E-state index contributed by atoms with van der Waals surface area (Å²) in [6.45, 7) is 2.39. The Morgan fingerprint density at radius 1 is 1.06 bits per heavy atom. The van der Waals surface area contributed by atoms with E-state index in [0.29, 0.717) is 5.92 Å². The van der Waals surface area contributed by atoms with Crippen LogP contribution in [0.2, 0.25) is 0 Å². The highest BCUT2D eigenvalue weighted by molar-refractivity contribution is 5.78. The van der Waals surface area contributed by atoms with E-state index in [4.69, 9.17) is 14.5 Å². The number of aromatic nitrogens is 5. The molecule has 1 saturated heterocycles. The van der Waals surface area contributed by atoms with Gasteiger partial charge in [0.25, 0.3) is 0 Å². The van der Waals surface area contributed by atoms with Crippen LogP contribution in [-0.4, -0.2) is 56.2 Å². The van der Waals surface area contributed by atoms with E-state index in [9.17, 15) is 0 Å². The van der Waals surface area contributed by atoms with E-state index in [0.717, 1.165) is 65.0 Å². The molecular formula is C23H25N7O2. The fraction of sp³-hybridized carbons (Fsp3) is 0.348. The van der Waals surface area contributed by atoms with Gasteiger partial charge in [-0.05, 0) is 38.6 Å². The molecule has 0 bridgehead atoms. The third-order valence-electron chi connectivity index (χ3n) is 6.20. The molecule has 1 fully saturated rings. The number of nitrogens with one attached hydrogen (secondary N) is 1. The third kappa shape index (κ3) is 3.34. The van der Waals surface area contributed by atoms with Crippen LogP contribution in [0, 0.1) is 0 Å². The first kappa shape index (κ1) is 19.1. The molecule has 1 aromatic carbocycles. The number of nitrogens with zero attached hydrogens (tertiary/aromatic N) is 6. The minimum atomic E-state index is 0.255. The number of rotatable bonds is 4. The van der Waals surface area contributed by atoms with Gasteiger partial charge < -0.3 is 19.7 Å². The second-order valence-electron chi connectivity index (χ2n) is 8.56. The number of hydrogen-bond donors (Lipinski definition) is 1. The topological polar surface area (TPSA) is 81.7 Å². The predicted octanol–water partition coefficient (Wildman–Crippen LogP) is 3.41. The number of likely N-dealkylation sites (N-methyl/N-ethyl adjacent to an activating group) is 1. The third-order valence-corrected chi connectivity index (χ3v) is 6.20. The molecule has 164 valence electrons. The van der Waals surface area contributed by atoms with Gasteiger partial charge in [0, 0.05) is 54.7 Å². The summed E-state index contributed by atoms with van der Waals surface area (Å²) in [6.07, 6.45) is 8.01. The molecule has 5 heterocycles. The lowest BCUT2D eigenvalue weighted by Crippen LogP contribution is -2.31. The number of benzene rings is 1. The van der Waals surface area contributed by atoms with Gasteiger partial charge in [-0.2, -0.15) is 14.7 Å². The van der Waals surface area contributed by atoms with Crippen LogP contribution in [0.5, 0.6) is 11.5 Å². The number of aryl methyl sites for hydroxylation is 1. The highest BCUT2D eigenvalue weighted by Gasteiger charge is 2.23. The van der Waals surface area contributed by atoms with Crippen molar-refractivity contribution >= 4 is 17.2 Å². The van der Waals surface area contributed by atoms with Crippen LogP contribution in [0.15, 0.2) is 42.9 Å². The van der Waals surface area contributed by atoms with Crippen molar-refractivity contribution < 1.29 is 9.47 Å². The van der Waals surface area contributed by atoms with Crippen LogP contribution in [0.4, 0.5) is 11.5 Å². The van der Waals surface area contributed by atoms with Crippen LogP contribution < -0.4 is 14.8 Å². The van der Waals surface area contributed by atoms with Crippen molar-refractivity contribution in [3.63, 3.8) is 0 Å². The summed E-state index contributed by atoms with van der Waals surface area (Å²) in [5.74, 6) is 2.75. The Labute approximate surface area is 185 Å². The van der Waals surface area contributed by atoms with Crippen molar-refractivity contribution in [1.29, 1.82) is 0 Å². The van der Waals surface area contributed by atoms with Crippen molar-refractivity contribution in [2.24, 2.45) is 7.05 Å². The zero-order valence-corrected chi connectivity index (χ0v) is 18.2.